The molecule has 0 spiro atoms. The van der Waals surface area contributed by atoms with E-state index in [2.05, 4.69) is 10.3 Å². The lowest BCUT2D eigenvalue weighted by atomic mass is 9.89. The predicted molar refractivity (Wildman–Crippen MR) is 139 cm³/mol. The first-order chi connectivity index (χ1) is 20.1. The summed E-state index contributed by atoms with van der Waals surface area (Å²) in [5, 5.41) is 31.1. The van der Waals surface area contributed by atoms with E-state index in [1.54, 1.807) is 41.9 Å². The number of hydroxylamine groups is 1. The number of carboxylic acid groups (broad SMARTS) is 2. The van der Waals surface area contributed by atoms with Gasteiger partial charge in [0, 0.05) is 13.1 Å². The van der Waals surface area contributed by atoms with Crippen molar-refractivity contribution in [1.29, 1.82) is 0 Å². The fraction of sp³-hybridized carbons (Fsp3) is 0.400. The van der Waals surface area contributed by atoms with Crippen molar-refractivity contribution in [3.63, 3.8) is 0 Å². The molecule has 43 heavy (non-hydrogen) atoms. The summed E-state index contributed by atoms with van der Waals surface area (Å²) in [5.41, 5.74) is 8.05. The molecular formula is C25H26Cl2F3N5O8-2. The zero-order chi connectivity index (χ0) is 32.4. The summed E-state index contributed by atoms with van der Waals surface area (Å²) >= 11 is 11.8. The lowest BCUT2D eigenvalue weighted by Gasteiger charge is -2.29. The third-order valence-electron chi connectivity index (χ3n) is 6.18. The van der Waals surface area contributed by atoms with Crippen LogP contribution in [-0.4, -0.2) is 64.3 Å². The van der Waals surface area contributed by atoms with E-state index in [1.165, 1.54) is 4.90 Å². The Labute approximate surface area is 252 Å². The molecule has 0 radical (unpaired) electrons. The number of carbonyl (C=O) groups is 4. The maximum absolute atomic E-state index is 13.3. The molecule has 2 atom stereocenters. The van der Waals surface area contributed by atoms with E-state index in [4.69, 9.17) is 48.8 Å². The number of hydrogen-bond donors (Lipinski definition) is 4. The smallest absolute Gasteiger partial charge is 0.430 e. The minimum atomic E-state index is -5.19. The van der Waals surface area contributed by atoms with E-state index in [1.807, 2.05) is 0 Å². The number of carbonyl (C=O) groups excluding carboxylic acids is 4. The van der Waals surface area contributed by atoms with E-state index >= 15 is 0 Å². The maximum atomic E-state index is 13.3. The fourth-order valence-corrected chi connectivity index (χ4v) is 4.60. The minimum absolute atomic E-state index is 0.153. The Hall–Kier alpha value is -3.86. The number of pyridine rings is 1. The standard InChI is InChI=1S/C23H27Cl2N5O6.C2HF3O2/c24-18-11-14(12-19(25)28-18)13-36-16-6-4-15(5-7-16)23(26)8-10-30(21(23)32)17(20(31)29-35)3-1-2-9-27-22(33)34;3-2(4,5)1(6)7/h4-7,11-12,17,27,35H,1-3,8-10,13,26H2,(H,29,31)(H,33,34);(H,6,7)/p-2. The zero-order valence-corrected chi connectivity index (χ0v) is 23.7. The molecule has 1 aliphatic rings. The molecule has 1 aromatic heterocycles. The molecule has 13 nitrogen and oxygen atoms in total. The van der Waals surface area contributed by atoms with Crippen LogP contribution in [0.25, 0.3) is 0 Å². The van der Waals surface area contributed by atoms with Crippen molar-refractivity contribution in [2.45, 2.75) is 50.0 Å². The second kappa shape index (κ2) is 15.6. The van der Waals surface area contributed by atoms with Crippen molar-refractivity contribution in [2.75, 3.05) is 13.1 Å². The molecule has 5 N–H and O–H groups in total. The van der Waals surface area contributed by atoms with Crippen molar-refractivity contribution < 1.29 is 52.5 Å². The van der Waals surface area contributed by atoms with E-state index < -0.39 is 41.6 Å². The Bertz CT molecular complexity index is 1280. The minimum Gasteiger partial charge on any atom is -0.542 e. The number of aliphatic carboxylic acids is 1. The number of carboxylic acids is 1. The number of halogens is 5. The predicted octanol–water partition coefficient (Wildman–Crippen LogP) is 0.630. The van der Waals surface area contributed by atoms with Crippen LogP contribution >= 0.6 is 23.2 Å². The summed E-state index contributed by atoms with van der Waals surface area (Å²) in [6.07, 6.45) is -5.23. The Balaban J connectivity index is 0.000000821. The third-order valence-corrected chi connectivity index (χ3v) is 6.57. The van der Waals surface area contributed by atoms with Gasteiger partial charge in [0.15, 0.2) is 0 Å². The van der Waals surface area contributed by atoms with E-state index in [0.29, 0.717) is 24.2 Å². The largest absolute Gasteiger partial charge is 0.542 e. The van der Waals surface area contributed by atoms with E-state index in [-0.39, 0.29) is 42.8 Å². The monoisotopic (exact) mass is 651 g/mol. The topological polar surface area (TPSA) is 210 Å². The maximum Gasteiger partial charge on any atom is 0.430 e. The van der Waals surface area contributed by atoms with Crippen molar-refractivity contribution in [1.82, 2.24) is 20.7 Å². The normalized spacial score (nSPS) is 17.0. The van der Waals surface area contributed by atoms with Crippen LogP contribution in [0, 0.1) is 0 Å². The lowest BCUT2D eigenvalue weighted by Crippen LogP contribution is -2.52. The molecule has 0 bridgehead atoms. The van der Waals surface area contributed by atoms with Gasteiger partial charge < -0.3 is 40.5 Å². The van der Waals surface area contributed by atoms with Gasteiger partial charge in [-0.2, -0.15) is 13.2 Å². The Kier molecular flexibility index (Phi) is 12.8. The van der Waals surface area contributed by atoms with Crippen LogP contribution in [0.4, 0.5) is 18.0 Å². The van der Waals surface area contributed by atoms with Crippen LogP contribution in [0.2, 0.25) is 10.3 Å². The Morgan fingerprint density at radius 1 is 1.14 bits per heavy atom. The van der Waals surface area contributed by atoms with Gasteiger partial charge in [-0.15, -0.1) is 0 Å². The van der Waals surface area contributed by atoms with Gasteiger partial charge in [-0.1, -0.05) is 35.3 Å². The molecular weight excluding hydrogens is 626 g/mol. The second-order valence-electron chi connectivity index (χ2n) is 9.14. The first-order valence-electron chi connectivity index (χ1n) is 12.4. The van der Waals surface area contributed by atoms with Gasteiger partial charge in [-0.3, -0.25) is 14.8 Å². The highest BCUT2D eigenvalue weighted by atomic mass is 35.5. The average molecular weight is 652 g/mol. The summed E-state index contributed by atoms with van der Waals surface area (Å²) in [4.78, 5) is 50.1. The second-order valence-corrected chi connectivity index (χ2v) is 9.92. The molecule has 236 valence electrons. The third kappa shape index (κ3) is 10.4. The van der Waals surface area contributed by atoms with Crippen LogP contribution in [0.3, 0.4) is 0 Å². The fourth-order valence-electron chi connectivity index (χ4n) is 4.10. The zero-order valence-electron chi connectivity index (χ0n) is 22.2. The van der Waals surface area contributed by atoms with E-state index in [0.717, 1.165) is 5.56 Å². The Morgan fingerprint density at radius 3 is 2.23 bits per heavy atom. The van der Waals surface area contributed by atoms with Crippen LogP contribution in [0.5, 0.6) is 5.75 Å². The SMILES string of the molecule is NC1(c2ccc(OCc3cc(Cl)nc(Cl)c3)cc2)CCN(C(CCCCNC(=O)[O-])C(=O)NO)C1=O.O=C([O-])C(F)(F)F. The number of hydrogen-bond acceptors (Lipinski definition) is 10. The van der Waals surface area contributed by atoms with Crippen LogP contribution in [0.15, 0.2) is 36.4 Å². The quantitative estimate of drug-likeness (QED) is 0.115. The number of amides is 3. The highest BCUT2D eigenvalue weighted by Crippen LogP contribution is 2.34. The van der Waals surface area contributed by atoms with Crippen molar-refractivity contribution in [3.8, 4) is 5.75 Å². The first-order valence-corrected chi connectivity index (χ1v) is 13.2. The molecule has 2 heterocycles. The summed E-state index contributed by atoms with van der Waals surface area (Å²) in [7, 11) is 0. The van der Waals surface area contributed by atoms with Crippen molar-refractivity contribution in [2.24, 2.45) is 5.73 Å². The van der Waals surface area contributed by atoms with Crippen molar-refractivity contribution in [3.05, 3.63) is 57.8 Å². The molecule has 0 aliphatic carbocycles. The van der Waals surface area contributed by atoms with Crippen LogP contribution in [0.1, 0.15) is 36.8 Å². The van der Waals surface area contributed by atoms with Crippen LogP contribution in [-0.2, 0) is 26.5 Å². The molecule has 3 amide bonds. The summed E-state index contributed by atoms with van der Waals surface area (Å²) < 4.78 is 37.3. The number of rotatable bonds is 11. The van der Waals surface area contributed by atoms with Gasteiger partial charge in [-0.25, -0.2) is 10.5 Å². The number of aromatic nitrogens is 1. The molecule has 3 rings (SSSR count). The summed E-state index contributed by atoms with van der Waals surface area (Å²) in [6, 6.07) is 9.09. The number of likely N-dealkylation sites (tertiary alicyclic amines) is 1. The average Bonchev–Trinajstić information content (AvgIpc) is 3.23. The highest BCUT2D eigenvalue weighted by Gasteiger charge is 2.48. The molecule has 1 aromatic carbocycles. The van der Waals surface area contributed by atoms with Gasteiger partial charge in [-0.05, 0) is 61.1 Å². The molecule has 1 saturated heterocycles. The van der Waals surface area contributed by atoms with Crippen molar-refractivity contribution >= 4 is 47.1 Å². The number of nitrogens with zero attached hydrogens (tertiary/aromatic N) is 2. The number of ether oxygens (including phenoxy) is 1. The number of nitrogens with one attached hydrogen (secondary N) is 2. The van der Waals surface area contributed by atoms with Crippen LogP contribution < -0.4 is 31.5 Å². The van der Waals surface area contributed by atoms with Gasteiger partial charge >= 0.3 is 6.18 Å². The molecule has 1 aliphatic heterocycles. The van der Waals surface area contributed by atoms with E-state index in [9.17, 15) is 32.7 Å². The number of benzene rings is 1. The molecule has 0 saturated carbocycles. The number of nitrogens with two attached hydrogens (primary N) is 1. The summed E-state index contributed by atoms with van der Waals surface area (Å²) in [6.45, 7) is 0.574. The van der Waals surface area contributed by atoms with Gasteiger partial charge in [0.25, 0.3) is 5.91 Å². The Morgan fingerprint density at radius 2 is 1.72 bits per heavy atom. The van der Waals surface area contributed by atoms with Gasteiger partial charge in [0.1, 0.15) is 46.3 Å². The van der Waals surface area contributed by atoms with Gasteiger partial charge in [0.05, 0.1) is 0 Å². The molecule has 18 heteroatoms. The molecule has 2 unspecified atom stereocenters. The molecule has 1 fully saturated rings. The number of unbranched alkanes of at least 4 members (excludes halogenated alkanes) is 1. The lowest BCUT2D eigenvalue weighted by molar-refractivity contribution is -0.344. The molecule has 2 aromatic rings. The highest BCUT2D eigenvalue weighted by molar-refractivity contribution is 6.32. The number of alkyl halides is 3. The summed E-state index contributed by atoms with van der Waals surface area (Å²) in [5.74, 6) is -3.65. The first kappa shape index (κ1) is 35.3. The van der Waals surface area contributed by atoms with Gasteiger partial charge in [0.2, 0.25) is 5.91 Å².